The lowest BCUT2D eigenvalue weighted by Crippen LogP contribution is -2.28. The highest BCUT2D eigenvalue weighted by molar-refractivity contribution is 5.48. The largest absolute Gasteiger partial charge is 0.360 e. The summed E-state index contributed by atoms with van der Waals surface area (Å²) in [6.45, 7) is 13.6. The van der Waals surface area contributed by atoms with Crippen LogP contribution in [0.1, 0.15) is 19.7 Å². The maximum Gasteiger partial charge on any atom is 0.137 e. The van der Waals surface area contributed by atoms with Gasteiger partial charge in [0.25, 0.3) is 0 Å². The zero-order chi connectivity index (χ0) is 13.3. The third kappa shape index (κ3) is 4.44. The number of rotatable bonds is 6. The Balaban J connectivity index is 0.00000121. The lowest BCUT2D eigenvalue weighted by atomic mass is 10.5. The SMILES string of the molecule is C=Cc1nccn1C(=C)N(C)CCNC.CC. The summed E-state index contributed by atoms with van der Waals surface area (Å²) in [5.74, 6) is 1.72. The summed E-state index contributed by atoms with van der Waals surface area (Å²) < 4.78 is 1.92. The lowest BCUT2D eigenvalue weighted by Gasteiger charge is -2.22. The molecule has 0 fully saturated rings. The van der Waals surface area contributed by atoms with Crippen LogP contribution in [-0.4, -0.2) is 41.6 Å². The normalized spacial score (nSPS) is 9.18. The molecule has 4 nitrogen and oxygen atoms in total. The Hall–Kier alpha value is -1.55. The van der Waals surface area contributed by atoms with Crippen molar-refractivity contribution >= 4 is 11.9 Å². The number of hydrogen-bond acceptors (Lipinski definition) is 3. The topological polar surface area (TPSA) is 33.1 Å². The van der Waals surface area contributed by atoms with Gasteiger partial charge in [-0.1, -0.05) is 27.0 Å². The highest BCUT2D eigenvalue weighted by Gasteiger charge is 2.06. The van der Waals surface area contributed by atoms with Gasteiger partial charge in [0.05, 0.1) is 0 Å². The first-order valence-corrected chi connectivity index (χ1v) is 5.91. The molecule has 4 heteroatoms. The highest BCUT2D eigenvalue weighted by atomic mass is 15.3. The quantitative estimate of drug-likeness (QED) is 0.821. The van der Waals surface area contributed by atoms with Crippen LogP contribution in [0.15, 0.2) is 25.6 Å². The predicted octanol–water partition coefficient (Wildman–Crippen LogP) is 2.13. The summed E-state index contributed by atoms with van der Waals surface area (Å²) in [4.78, 5) is 6.23. The van der Waals surface area contributed by atoms with E-state index in [-0.39, 0.29) is 0 Å². The molecule has 0 saturated carbocycles. The molecule has 0 aliphatic rings. The van der Waals surface area contributed by atoms with Crippen molar-refractivity contribution in [3.8, 4) is 0 Å². The monoisotopic (exact) mass is 236 g/mol. The van der Waals surface area contributed by atoms with Crippen LogP contribution in [0.2, 0.25) is 0 Å². The molecule has 0 saturated heterocycles. The second-order valence-electron chi connectivity index (χ2n) is 3.30. The summed E-state index contributed by atoms with van der Waals surface area (Å²) in [7, 11) is 3.94. The van der Waals surface area contributed by atoms with Crippen molar-refractivity contribution in [2.45, 2.75) is 13.8 Å². The second-order valence-corrected chi connectivity index (χ2v) is 3.30. The van der Waals surface area contributed by atoms with Crippen molar-refractivity contribution in [2.24, 2.45) is 0 Å². The number of nitrogens with one attached hydrogen (secondary N) is 1. The Bertz CT molecular complexity index is 341. The van der Waals surface area contributed by atoms with E-state index in [0.29, 0.717) is 0 Å². The minimum absolute atomic E-state index is 0.816. The minimum atomic E-state index is 0.816. The molecule has 0 bridgehead atoms. The number of nitrogens with zero attached hydrogens (tertiary/aromatic N) is 3. The zero-order valence-electron chi connectivity index (χ0n) is 11.4. The molecule has 0 aromatic carbocycles. The molecule has 0 amide bonds. The number of aromatic nitrogens is 2. The third-order valence-electron chi connectivity index (χ3n) is 2.27. The Morgan fingerprint density at radius 3 is 2.76 bits per heavy atom. The highest BCUT2D eigenvalue weighted by Crippen LogP contribution is 2.10. The molecule has 0 spiro atoms. The van der Waals surface area contributed by atoms with Crippen molar-refractivity contribution in [2.75, 3.05) is 27.2 Å². The van der Waals surface area contributed by atoms with E-state index in [1.807, 2.05) is 38.7 Å². The first-order valence-electron chi connectivity index (χ1n) is 5.91. The molecule has 0 unspecified atom stereocenters. The van der Waals surface area contributed by atoms with E-state index in [1.54, 1.807) is 12.3 Å². The Kier molecular flexibility index (Phi) is 7.80. The van der Waals surface area contributed by atoms with E-state index in [9.17, 15) is 0 Å². The molecule has 1 heterocycles. The summed E-state index contributed by atoms with van der Waals surface area (Å²) in [5, 5.41) is 3.10. The lowest BCUT2D eigenvalue weighted by molar-refractivity contribution is 0.452. The molecule has 1 aromatic heterocycles. The molecule has 96 valence electrons. The van der Waals surface area contributed by atoms with Crippen molar-refractivity contribution in [1.82, 2.24) is 19.8 Å². The maximum absolute atomic E-state index is 4.16. The molecule has 1 rings (SSSR count). The first-order chi connectivity index (χ1) is 8.20. The van der Waals surface area contributed by atoms with Crippen LogP contribution in [0, 0.1) is 0 Å². The first kappa shape index (κ1) is 15.4. The van der Waals surface area contributed by atoms with Crippen molar-refractivity contribution in [1.29, 1.82) is 0 Å². The van der Waals surface area contributed by atoms with Crippen molar-refractivity contribution in [3.63, 3.8) is 0 Å². The average molecular weight is 236 g/mol. The van der Waals surface area contributed by atoms with Gasteiger partial charge in [-0.2, -0.15) is 0 Å². The zero-order valence-corrected chi connectivity index (χ0v) is 11.4. The minimum Gasteiger partial charge on any atom is -0.360 e. The van der Waals surface area contributed by atoms with E-state index in [1.165, 1.54) is 0 Å². The van der Waals surface area contributed by atoms with Crippen LogP contribution in [0.4, 0.5) is 0 Å². The smallest absolute Gasteiger partial charge is 0.137 e. The van der Waals surface area contributed by atoms with Crippen LogP contribution < -0.4 is 5.32 Å². The summed E-state index contributed by atoms with van der Waals surface area (Å²) in [5.41, 5.74) is 0. The van der Waals surface area contributed by atoms with Crippen LogP contribution in [-0.2, 0) is 0 Å². The van der Waals surface area contributed by atoms with Gasteiger partial charge >= 0.3 is 0 Å². The fourth-order valence-corrected chi connectivity index (χ4v) is 1.28. The van der Waals surface area contributed by atoms with Gasteiger partial charge in [0, 0.05) is 32.5 Å². The fraction of sp³-hybridized carbons (Fsp3) is 0.462. The van der Waals surface area contributed by atoms with Gasteiger partial charge in [0.15, 0.2) is 0 Å². The van der Waals surface area contributed by atoms with Gasteiger partial charge in [0.1, 0.15) is 11.6 Å². The number of likely N-dealkylation sites (N-methyl/N-ethyl adjacent to an activating group) is 2. The Morgan fingerprint density at radius 1 is 1.59 bits per heavy atom. The Morgan fingerprint density at radius 2 is 2.24 bits per heavy atom. The molecule has 17 heavy (non-hydrogen) atoms. The van der Waals surface area contributed by atoms with Crippen LogP contribution in [0.5, 0.6) is 0 Å². The van der Waals surface area contributed by atoms with Crippen LogP contribution in [0.3, 0.4) is 0 Å². The number of imidazole rings is 1. The van der Waals surface area contributed by atoms with Gasteiger partial charge < -0.3 is 10.2 Å². The predicted molar refractivity (Wildman–Crippen MR) is 75.6 cm³/mol. The van der Waals surface area contributed by atoms with Crippen LogP contribution in [0.25, 0.3) is 11.9 Å². The maximum atomic E-state index is 4.16. The van der Waals surface area contributed by atoms with Crippen LogP contribution >= 0.6 is 0 Å². The molecule has 0 aliphatic heterocycles. The third-order valence-corrected chi connectivity index (χ3v) is 2.27. The Labute approximate surface area is 105 Å². The summed E-state index contributed by atoms with van der Waals surface area (Å²) in [6, 6.07) is 0. The molecular weight excluding hydrogens is 212 g/mol. The van der Waals surface area contributed by atoms with Gasteiger partial charge in [-0.25, -0.2) is 4.98 Å². The van der Waals surface area contributed by atoms with Gasteiger partial charge in [-0.15, -0.1) is 0 Å². The molecule has 1 aromatic rings. The molecule has 1 N–H and O–H groups in total. The van der Waals surface area contributed by atoms with Gasteiger partial charge in [-0.3, -0.25) is 4.57 Å². The fourth-order valence-electron chi connectivity index (χ4n) is 1.28. The van der Waals surface area contributed by atoms with Crippen molar-refractivity contribution in [3.05, 3.63) is 31.4 Å². The molecule has 0 atom stereocenters. The van der Waals surface area contributed by atoms with E-state index < -0.39 is 0 Å². The van der Waals surface area contributed by atoms with Crippen molar-refractivity contribution < 1.29 is 0 Å². The second kappa shape index (κ2) is 8.58. The summed E-state index contributed by atoms with van der Waals surface area (Å²) in [6.07, 6.45) is 5.35. The van der Waals surface area contributed by atoms with E-state index >= 15 is 0 Å². The molecule has 0 aliphatic carbocycles. The van der Waals surface area contributed by atoms with E-state index in [0.717, 1.165) is 24.7 Å². The standard InChI is InChI=1S/C11H18N4.C2H6/c1-5-11-13-7-9-15(11)10(2)14(4)8-6-12-3;1-2/h5,7,9,12H,1-2,6,8H2,3-4H3;1-2H3. The molecule has 0 radical (unpaired) electrons. The van der Waals surface area contributed by atoms with Gasteiger partial charge in [0.2, 0.25) is 0 Å². The van der Waals surface area contributed by atoms with E-state index in [2.05, 4.69) is 28.4 Å². The summed E-state index contributed by atoms with van der Waals surface area (Å²) >= 11 is 0. The van der Waals surface area contributed by atoms with E-state index in [4.69, 9.17) is 0 Å². The number of hydrogen-bond donors (Lipinski definition) is 1. The molecular formula is C13H24N4. The van der Waals surface area contributed by atoms with Gasteiger partial charge in [-0.05, 0) is 13.1 Å². The average Bonchev–Trinajstić information content (AvgIpc) is 2.85.